The summed E-state index contributed by atoms with van der Waals surface area (Å²) < 4.78 is 27.5. The number of halogens is 4. The quantitative estimate of drug-likeness (QED) is 0.544. The summed E-state index contributed by atoms with van der Waals surface area (Å²) in [6.45, 7) is 1.88. The van der Waals surface area contributed by atoms with E-state index in [0.29, 0.717) is 10.9 Å². The van der Waals surface area contributed by atoms with E-state index in [1.165, 1.54) is 12.1 Å². The molecule has 0 aliphatic rings. The summed E-state index contributed by atoms with van der Waals surface area (Å²) in [5.74, 6) is -1.18. The molecule has 2 aromatic carbocycles. The zero-order chi connectivity index (χ0) is 15.1. The number of rotatable bonds is 1. The molecule has 0 bridgehead atoms. The number of nitrogens with zero attached hydrogens (tertiary/aromatic N) is 2. The smallest absolute Gasteiger partial charge is 0.161 e. The molecular weight excluding hydrogens is 362 g/mol. The summed E-state index contributed by atoms with van der Waals surface area (Å²) >= 11 is 9.58. The zero-order valence-corrected chi connectivity index (χ0v) is 13.1. The Morgan fingerprint density at radius 2 is 1.71 bits per heavy atom. The van der Waals surface area contributed by atoms with Gasteiger partial charge in [0.25, 0.3) is 0 Å². The third kappa shape index (κ3) is 2.63. The van der Waals surface area contributed by atoms with Gasteiger partial charge < -0.3 is 0 Å². The van der Waals surface area contributed by atoms with E-state index in [2.05, 4.69) is 25.9 Å². The zero-order valence-electron chi connectivity index (χ0n) is 10.8. The lowest BCUT2D eigenvalue weighted by molar-refractivity contribution is 0.584. The summed E-state index contributed by atoms with van der Waals surface area (Å²) in [5.41, 5.74) is 1.77. The van der Waals surface area contributed by atoms with Gasteiger partial charge in [-0.15, -0.1) is 0 Å². The van der Waals surface area contributed by atoms with E-state index in [9.17, 15) is 8.78 Å². The highest BCUT2D eigenvalue weighted by atomic mass is 79.9. The van der Waals surface area contributed by atoms with Crippen LogP contribution in [-0.2, 0) is 0 Å². The molecule has 0 aliphatic heterocycles. The van der Waals surface area contributed by atoms with Gasteiger partial charge in [0.15, 0.2) is 5.82 Å². The Morgan fingerprint density at radius 3 is 2.38 bits per heavy atom. The molecule has 1 heterocycles. The highest BCUT2D eigenvalue weighted by Gasteiger charge is 2.12. The minimum absolute atomic E-state index is 0.187. The van der Waals surface area contributed by atoms with Crippen LogP contribution in [0.25, 0.3) is 22.3 Å². The Balaban J connectivity index is 2.31. The second kappa shape index (κ2) is 5.31. The maximum Gasteiger partial charge on any atom is 0.161 e. The van der Waals surface area contributed by atoms with Crippen molar-refractivity contribution in [2.45, 2.75) is 6.92 Å². The van der Waals surface area contributed by atoms with Crippen molar-refractivity contribution >= 4 is 38.4 Å². The topological polar surface area (TPSA) is 25.8 Å². The maximum absolute atomic E-state index is 13.3. The normalized spacial score (nSPS) is 11.1. The van der Waals surface area contributed by atoms with E-state index in [1.54, 1.807) is 6.07 Å². The van der Waals surface area contributed by atoms with Crippen LogP contribution in [0.5, 0.6) is 0 Å². The van der Waals surface area contributed by atoms with Gasteiger partial charge in [0.05, 0.1) is 5.52 Å². The van der Waals surface area contributed by atoms with Gasteiger partial charge in [-0.2, -0.15) is 0 Å². The van der Waals surface area contributed by atoms with Crippen molar-refractivity contribution in [1.82, 2.24) is 9.97 Å². The molecule has 3 rings (SSSR count). The lowest BCUT2D eigenvalue weighted by atomic mass is 10.1. The van der Waals surface area contributed by atoms with E-state index in [4.69, 9.17) is 11.6 Å². The van der Waals surface area contributed by atoms with E-state index in [0.717, 1.165) is 16.1 Å². The van der Waals surface area contributed by atoms with Gasteiger partial charge in [-0.25, -0.2) is 18.7 Å². The third-order valence-electron chi connectivity index (χ3n) is 3.13. The van der Waals surface area contributed by atoms with Gasteiger partial charge in [0.2, 0.25) is 0 Å². The number of aryl methyl sites for hydroxylation is 1. The molecule has 0 amide bonds. The highest BCUT2D eigenvalue weighted by molar-refractivity contribution is 9.10. The fourth-order valence-electron chi connectivity index (χ4n) is 2.08. The fourth-order valence-corrected chi connectivity index (χ4v) is 2.63. The fraction of sp³-hybridized carbons (Fsp3) is 0.0667. The number of hydrogen-bond donors (Lipinski definition) is 0. The molecule has 6 heteroatoms. The van der Waals surface area contributed by atoms with Crippen LogP contribution in [0.4, 0.5) is 8.78 Å². The summed E-state index contributed by atoms with van der Waals surface area (Å²) in [4.78, 5) is 8.52. The second-order valence-electron chi connectivity index (χ2n) is 4.56. The Kier molecular flexibility index (Phi) is 3.63. The molecule has 0 saturated carbocycles. The van der Waals surface area contributed by atoms with Crippen LogP contribution in [0.3, 0.4) is 0 Å². The lowest BCUT2D eigenvalue weighted by Crippen LogP contribution is -1.95. The minimum Gasteiger partial charge on any atom is -0.228 e. The molecule has 106 valence electrons. The Bertz CT molecular complexity index is 848. The summed E-state index contributed by atoms with van der Waals surface area (Å²) in [6, 6.07) is 6.80. The average molecular weight is 370 g/mol. The van der Waals surface area contributed by atoms with Crippen LogP contribution in [0.15, 0.2) is 34.8 Å². The number of aromatic nitrogens is 2. The number of hydrogen-bond acceptors (Lipinski definition) is 2. The molecule has 0 radical (unpaired) electrons. The molecule has 0 saturated heterocycles. The van der Waals surface area contributed by atoms with Gasteiger partial charge in [-0.05, 0) is 36.8 Å². The third-order valence-corrected chi connectivity index (χ3v) is 4.28. The summed E-state index contributed by atoms with van der Waals surface area (Å²) in [6.07, 6.45) is 0. The lowest BCUT2D eigenvalue weighted by Gasteiger charge is -2.08. The van der Waals surface area contributed by atoms with Crippen molar-refractivity contribution in [2.75, 3.05) is 0 Å². The second-order valence-corrected chi connectivity index (χ2v) is 5.78. The van der Waals surface area contributed by atoms with Crippen molar-refractivity contribution < 1.29 is 8.78 Å². The van der Waals surface area contributed by atoms with E-state index < -0.39 is 11.6 Å². The van der Waals surface area contributed by atoms with Gasteiger partial charge in [-0.1, -0.05) is 27.5 Å². The van der Waals surface area contributed by atoms with Crippen LogP contribution in [-0.4, -0.2) is 9.97 Å². The molecule has 0 spiro atoms. The average Bonchev–Trinajstić information content (AvgIpc) is 2.42. The van der Waals surface area contributed by atoms with Crippen LogP contribution >= 0.6 is 27.5 Å². The van der Waals surface area contributed by atoms with Gasteiger partial charge in [0.1, 0.15) is 16.8 Å². The molecule has 0 aliphatic carbocycles. The first-order valence-corrected chi connectivity index (χ1v) is 7.21. The largest absolute Gasteiger partial charge is 0.228 e. The molecule has 3 aromatic rings. The molecule has 0 atom stereocenters. The van der Waals surface area contributed by atoms with Gasteiger partial charge in [-0.3, -0.25) is 0 Å². The first-order chi connectivity index (χ1) is 9.95. The van der Waals surface area contributed by atoms with Crippen LogP contribution in [0, 0.1) is 18.6 Å². The monoisotopic (exact) mass is 368 g/mol. The van der Waals surface area contributed by atoms with Crippen molar-refractivity contribution in [3.05, 3.63) is 57.2 Å². The van der Waals surface area contributed by atoms with Crippen LogP contribution < -0.4 is 0 Å². The minimum atomic E-state index is -0.684. The van der Waals surface area contributed by atoms with Crippen molar-refractivity contribution in [3.8, 4) is 11.4 Å². The predicted molar refractivity (Wildman–Crippen MR) is 82.3 cm³/mol. The van der Waals surface area contributed by atoms with Gasteiger partial charge in [0, 0.05) is 21.5 Å². The molecule has 21 heavy (non-hydrogen) atoms. The van der Waals surface area contributed by atoms with Gasteiger partial charge >= 0.3 is 0 Å². The molecule has 1 aromatic heterocycles. The molecular formula is C15H8BrClF2N2. The number of fused-ring (bicyclic) bond motifs is 1. The molecule has 0 unspecified atom stereocenters. The van der Waals surface area contributed by atoms with Crippen LogP contribution in [0.1, 0.15) is 5.56 Å². The van der Waals surface area contributed by atoms with E-state index >= 15 is 0 Å². The Morgan fingerprint density at radius 1 is 1.05 bits per heavy atom. The Labute approximate surface area is 132 Å². The van der Waals surface area contributed by atoms with Crippen LogP contribution in [0.2, 0.25) is 5.15 Å². The first kappa shape index (κ1) is 14.4. The number of benzene rings is 2. The molecule has 0 fully saturated rings. The molecule has 2 nitrogen and oxygen atoms in total. The summed E-state index contributed by atoms with van der Waals surface area (Å²) in [7, 11) is 0. The standard InChI is InChI=1S/C15H8BrClF2N2/c1-7-12(16)3-2-11-13(7)20-15(21-14(11)17)8-4-9(18)6-10(19)5-8/h2-6H,1H3. The van der Waals surface area contributed by atoms with E-state index in [1.807, 2.05) is 13.0 Å². The summed E-state index contributed by atoms with van der Waals surface area (Å²) in [5, 5.41) is 0.938. The maximum atomic E-state index is 13.3. The van der Waals surface area contributed by atoms with E-state index in [-0.39, 0.29) is 16.5 Å². The Hall–Kier alpha value is -1.59. The van der Waals surface area contributed by atoms with Crippen molar-refractivity contribution in [2.24, 2.45) is 0 Å². The molecule has 0 N–H and O–H groups in total. The SMILES string of the molecule is Cc1c(Br)ccc2c(Cl)nc(-c3cc(F)cc(F)c3)nc12. The predicted octanol–water partition coefficient (Wildman–Crippen LogP) is 5.30. The highest BCUT2D eigenvalue weighted by Crippen LogP contribution is 2.30. The van der Waals surface area contributed by atoms with Crippen molar-refractivity contribution in [3.63, 3.8) is 0 Å². The van der Waals surface area contributed by atoms with Crippen molar-refractivity contribution in [1.29, 1.82) is 0 Å². The first-order valence-electron chi connectivity index (χ1n) is 6.04.